The summed E-state index contributed by atoms with van der Waals surface area (Å²) in [4.78, 5) is 20.4. The zero-order valence-corrected chi connectivity index (χ0v) is 22.0. The van der Waals surface area contributed by atoms with Gasteiger partial charge in [-0.15, -0.1) is 16.9 Å². The van der Waals surface area contributed by atoms with E-state index in [0.717, 1.165) is 5.56 Å². The van der Waals surface area contributed by atoms with Crippen LogP contribution in [-0.2, 0) is 11.3 Å². The number of carbonyl (C=O) groups excluding carboxylic acids is 1. The number of aliphatic imine (C=N–C) groups is 1. The molecule has 34 heavy (non-hydrogen) atoms. The highest BCUT2D eigenvalue weighted by atomic mass is 35.5. The quantitative estimate of drug-likeness (QED) is 0.287. The normalized spacial score (nSPS) is 18.1. The molecule has 0 fully saturated rings. The van der Waals surface area contributed by atoms with Crippen LogP contribution in [0.4, 0.5) is 14.9 Å². The first-order valence-electron chi connectivity index (χ1n) is 11.2. The lowest BCUT2D eigenvalue weighted by Crippen LogP contribution is -2.58. The summed E-state index contributed by atoms with van der Waals surface area (Å²) in [5, 5.41) is 5.35. The molecule has 0 N–H and O–H groups in total. The number of amidine groups is 1. The third-order valence-electron chi connectivity index (χ3n) is 4.96. The minimum Gasteiger partial charge on any atom is -0.309 e. The largest absolute Gasteiger partial charge is 0.467 e. The molecule has 3 rings (SSSR count). The van der Waals surface area contributed by atoms with Gasteiger partial charge in [0.1, 0.15) is 11.5 Å². The first-order chi connectivity index (χ1) is 16.0. The molecule has 2 amide bonds. The molecule has 6 nitrogen and oxygen atoms in total. The Morgan fingerprint density at radius 1 is 1.24 bits per heavy atom. The molecule has 0 bridgehead atoms. The molecule has 2 aromatic rings. The summed E-state index contributed by atoms with van der Waals surface area (Å²) in [6.07, 6.45) is -0.358. The van der Waals surface area contributed by atoms with Gasteiger partial charge in [-0.1, -0.05) is 54.2 Å². The molecular formula is C25H31ClFN4O2S+. The number of carbonyl (C=O) groups is 1. The summed E-state index contributed by atoms with van der Waals surface area (Å²) in [5.74, 6) is 0.0869. The van der Waals surface area contributed by atoms with Crippen molar-refractivity contribution in [3.05, 3.63) is 58.9 Å². The van der Waals surface area contributed by atoms with Crippen molar-refractivity contribution in [1.82, 2.24) is 4.90 Å². The van der Waals surface area contributed by atoms with Crippen molar-refractivity contribution in [3.8, 4) is 0 Å². The molecule has 1 unspecified atom stereocenters. The summed E-state index contributed by atoms with van der Waals surface area (Å²) in [6.45, 7) is 11.9. The van der Waals surface area contributed by atoms with Gasteiger partial charge in [0.15, 0.2) is 0 Å². The van der Waals surface area contributed by atoms with E-state index in [1.165, 1.54) is 22.5 Å². The molecule has 0 radical (unpaired) electrons. The summed E-state index contributed by atoms with van der Waals surface area (Å²) in [7, 11) is 0. The maximum Gasteiger partial charge on any atom is 0.467 e. The fraction of sp³-hybridized carbons (Fsp3) is 0.440. The zero-order valence-electron chi connectivity index (χ0n) is 20.4. The van der Waals surface area contributed by atoms with Gasteiger partial charge < -0.3 is 4.74 Å². The lowest BCUT2D eigenvalue weighted by molar-refractivity contribution is -0.403. The van der Waals surface area contributed by atoms with Crippen LogP contribution in [0, 0.1) is 5.82 Å². The molecule has 2 aromatic carbocycles. The number of benzene rings is 2. The van der Waals surface area contributed by atoms with Crippen molar-refractivity contribution in [2.75, 3.05) is 0 Å². The Bertz CT molecular complexity index is 1100. The molecule has 9 heteroatoms. The van der Waals surface area contributed by atoms with Crippen LogP contribution in [0.3, 0.4) is 0 Å². The number of rotatable bonds is 7. The van der Waals surface area contributed by atoms with Gasteiger partial charge in [0.05, 0.1) is 12.1 Å². The Hall–Kier alpha value is -2.29. The molecule has 1 aliphatic rings. The summed E-state index contributed by atoms with van der Waals surface area (Å²) in [6, 6.07) is 11.7. The van der Waals surface area contributed by atoms with Gasteiger partial charge in [0.2, 0.25) is 0 Å². The van der Waals surface area contributed by atoms with Gasteiger partial charge in [0.25, 0.3) is 5.84 Å². The average molecular weight is 506 g/mol. The van der Waals surface area contributed by atoms with Crippen LogP contribution in [0.5, 0.6) is 0 Å². The number of azo groups is 2. The summed E-state index contributed by atoms with van der Waals surface area (Å²) in [5.41, 5.74) is 0.664. The summed E-state index contributed by atoms with van der Waals surface area (Å²) < 4.78 is 21.9. The molecular weight excluding hydrogens is 475 g/mol. The van der Waals surface area contributed by atoms with Gasteiger partial charge in [-0.05, 0) is 50.6 Å². The Kier molecular flexibility index (Phi) is 8.49. The van der Waals surface area contributed by atoms with E-state index in [1.54, 1.807) is 29.2 Å². The van der Waals surface area contributed by atoms with Crippen LogP contribution in [0.25, 0.3) is 0 Å². The van der Waals surface area contributed by atoms with Crippen LogP contribution in [0.2, 0.25) is 5.02 Å². The highest BCUT2D eigenvalue weighted by molar-refractivity contribution is 7.99. The lowest BCUT2D eigenvalue weighted by atomic mass is 10.1. The molecule has 0 saturated heterocycles. The highest BCUT2D eigenvalue weighted by Crippen LogP contribution is 2.30. The summed E-state index contributed by atoms with van der Waals surface area (Å²) >= 11 is 7.41. The number of ether oxygens (including phenoxy) is 1. The Morgan fingerprint density at radius 3 is 2.47 bits per heavy atom. The van der Waals surface area contributed by atoms with E-state index in [4.69, 9.17) is 21.3 Å². The van der Waals surface area contributed by atoms with Crippen molar-refractivity contribution in [1.29, 1.82) is 0 Å². The molecule has 1 heterocycles. The van der Waals surface area contributed by atoms with Crippen molar-refractivity contribution in [3.63, 3.8) is 0 Å². The van der Waals surface area contributed by atoms with E-state index in [1.807, 2.05) is 53.7 Å². The van der Waals surface area contributed by atoms with Gasteiger partial charge in [0, 0.05) is 27.7 Å². The van der Waals surface area contributed by atoms with E-state index >= 15 is 0 Å². The van der Waals surface area contributed by atoms with E-state index < -0.39 is 11.9 Å². The highest BCUT2D eigenvalue weighted by Gasteiger charge is 2.48. The number of nitrogens with zero attached hydrogens (tertiary/aromatic N) is 4. The monoisotopic (exact) mass is 505 g/mol. The van der Waals surface area contributed by atoms with Crippen LogP contribution in [0.15, 0.2) is 57.5 Å². The predicted octanol–water partition coefficient (Wildman–Crippen LogP) is 7.62. The fourth-order valence-electron chi connectivity index (χ4n) is 3.39. The third kappa shape index (κ3) is 6.43. The topological polar surface area (TPSA) is 57.3 Å². The molecule has 0 spiro atoms. The maximum atomic E-state index is 14.6. The second-order valence-corrected chi connectivity index (χ2v) is 11.2. The smallest absolute Gasteiger partial charge is 0.309 e. The number of thioether (sulfide) groups is 1. The minimum atomic E-state index is -0.814. The van der Waals surface area contributed by atoms with Crippen molar-refractivity contribution < 1.29 is 18.6 Å². The SMILES string of the molecule is CCC1=NC(OCc2ccc(Cl)cc2)N(C(C)(C)C)C(=O)[N+]1=Nc1ccc(SC(C)C)c(F)c1. The number of hydrogen-bond donors (Lipinski definition) is 0. The van der Waals surface area contributed by atoms with Crippen LogP contribution < -0.4 is 0 Å². The molecule has 182 valence electrons. The fourth-order valence-corrected chi connectivity index (χ4v) is 4.34. The van der Waals surface area contributed by atoms with Crippen molar-refractivity contribution >= 4 is 40.9 Å². The Labute approximate surface area is 209 Å². The van der Waals surface area contributed by atoms with Gasteiger partial charge in [-0.25, -0.2) is 9.18 Å². The Balaban J connectivity index is 1.94. The van der Waals surface area contributed by atoms with Gasteiger partial charge in [-0.2, -0.15) is 4.90 Å². The van der Waals surface area contributed by atoms with Crippen LogP contribution >= 0.6 is 23.4 Å². The second-order valence-electron chi connectivity index (χ2n) is 9.18. The van der Waals surface area contributed by atoms with Crippen molar-refractivity contribution in [2.45, 2.75) is 76.6 Å². The Morgan fingerprint density at radius 2 is 1.91 bits per heavy atom. The predicted molar refractivity (Wildman–Crippen MR) is 134 cm³/mol. The number of halogens is 2. The average Bonchev–Trinajstić information content (AvgIpc) is 2.75. The second kappa shape index (κ2) is 11.0. The van der Waals surface area contributed by atoms with E-state index in [9.17, 15) is 9.18 Å². The molecule has 0 saturated carbocycles. The number of hydrogen-bond acceptors (Lipinski definition) is 5. The maximum absolute atomic E-state index is 14.6. The molecule has 1 atom stereocenters. The van der Waals surface area contributed by atoms with Crippen LogP contribution in [-0.4, -0.2) is 38.6 Å². The van der Waals surface area contributed by atoms with Crippen molar-refractivity contribution in [2.24, 2.45) is 10.1 Å². The van der Waals surface area contributed by atoms with E-state index in [0.29, 0.717) is 27.9 Å². The van der Waals surface area contributed by atoms with E-state index in [2.05, 4.69) is 5.11 Å². The number of amides is 2. The number of urea groups is 1. The van der Waals surface area contributed by atoms with E-state index in [-0.39, 0.29) is 23.7 Å². The van der Waals surface area contributed by atoms with Gasteiger partial charge in [-0.3, -0.25) is 0 Å². The molecule has 1 aliphatic heterocycles. The van der Waals surface area contributed by atoms with Gasteiger partial charge >= 0.3 is 12.4 Å². The first kappa shape index (κ1) is 26.3. The zero-order chi connectivity index (χ0) is 25.0. The molecule has 0 aromatic heterocycles. The third-order valence-corrected chi connectivity index (χ3v) is 6.27. The molecule has 0 aliphatic carbocycles. The minimum absolute atomic E-state index is 0.255. The first-order valence-corrected chi connectivity index (χ1v) is 12.5. The standard InChI is InChI=1S/C25H31ClFN4O2S/c1-7-22-28-23(33-15-17-8-10-18(26)11-9-17)30(25(4,5)6)24(32)31(22)29-19-12-13-21(20(27)14-19)34-16(2)3/h8-14,16,23H,7,15H2,1-6H3/q+1. The lowest BCUT2D eigenvalue weighted by Gasteiger charge is -2.35. The van der Waals surface area contributed by atoms with Crippen LogP contribution in [0.1, 0.15) is 53.5 Å².